The molecule has 150 valence electrons. The molecule has 1 fully saturated rings. The maximum absolute atomic E-state index is 12.8. The second-order valence-electron chi connectivity index (χ2n) is 6.70. The lowest BCUT2D eigenvalue weighted by Crippen LogP contribution is -2.37. The molecule has 2 aromatic carbocycles. The van der Waals surface area contributed by atoms with Crippen molar-refractivity contribution in [2.24, 2.45) is 0 Å². The molecule has 1 saturated heterocycles. The van der Waals surface area contributed by atoms with Crippen LogP contribution in [0.15, 0.2) is 54.6 Å². The highest BCUT2D eigenvalue weighted by molar-refractivity contribution is 7.80. The van der Waals surface area contributed by atoms with Crippen LogP contribution >= 0.6 is 23.8 Å². The number of carbonyl (C=O) groups excluding carboxylic acids is 2. The van der Waals surface area contributed by atoms with Gasteiger partial charge in [0.15, 0.2) is 5.11 Å². The van der Waals surface area contributed by atoms with Crippen LogP contribution in [0.3, 0.4) is 0 Å². The van der Waals surface area contributed by atoms with Gasteiger partial charge in [-0.05, 0) is 61.3 Å². The Morgan fingerprint density at radius 3 is 2.45 bits per heavy atom. The fourth-order valence-electron chi connectivity index (χ4n) is 3.13. The van der Waals surface area contributed by atoms with Crippen molar-refractivity contribution in [2.75, 3.05) is 18.4 Å². The number of benzene rings is 2. The average Bonchev–Trinajstić information content (AvgIpc) is 2.73. The van der Waals surface area contributed by atoms with E-state index in [-0.39, 0.29) is 16.9 Å². The van der Waals surface area contributed by atoms with Crippen LogP contribution in [0.4, 0.5) is 5.69 Å². The lowest BCUT2D eigenvalue weighted by atomic mass is 10.1. The van der Waals surface area contributed by atoms with Crippen molar-refractivity contribution in [3.8, 4) is 0 Å². The minimum absolute atomic E-state index is 0.0273. The lowest BCUT2D eigenvalue weighted by molar-refractivity contribution is -0.115. The molecule has 29 heavy (non-hydrogen) atoms. The predicted molar refractivity (Wildman–Crippen MR) is 121 cm³/mol. The average molecular weight is 428 g/mol. The Hall–Kier alpha value is -2.70. The zero-order chi connectivity index (χ0) is 20.6. The van der Waals surface area contributed by atoms with Crippen molar-refractivity contribution in [3.05, 3.63) is 70.8 Å². The van der Waals surface area contributed by atoms with Gasteiger partial charge in [-0.2, -0.15) is 0 Å². The Labute approximate surface area is 180 Å². The summed E-state index contributed by atoms with van der Waals surface area (Å²) in [5.74, 6) is -0.414. The molecule has 0 bridgehead atoms. The fourth-order valence-corrected chi connectivity index (χ4v) is 3.54. The topological polar surface area (TPSA) is 61.4 Å². The monoisotopic (exact) mass is 427 g/mol. The van der Waals surface area contributed by atoms with E-state index < -0.39 is 0 Å². The zero-order valence-corrected chi connectivity index (χ0v) is 17.4. The quantitative estimate of drug-likeness (QED) is 0.557. The van der Waals surface area contributed by atoms with Crippen LogP contribution in [0.5, 0.6) is 0 Å². The number of para-hydroxylation sites is 1. The maximum Gasteiger partial charge on any atom is 0.255 e. The number of nitrogens with one attached hydrogen (secondary N) is 2. The van der Waals surface area contributed by atoms with Crippen molar-refractivity contribution in [1.29, 1.82) is 0 Å². The van der Waals surface area contributed by atoms with E-state index in [0.29, 0.717) is 16.3 Å². The number of likely N-dealkylation sites (tertiary alicyclic amines) is 1. The first-order valence-corrected chi connectivity index (χ1v) is 10.3. The second kappa shape index (κ2) is 10.2. The molecule has 5 nitrogen and oxygen atoms in total. The van der Waals surface area contributed by atoms with E-state index >= 15 is 0 Å². The van der Waals surface area contributed by atoms with Gasteiger partial charge in [0.2, 0.25) is 5.91 Å². The summed E-state index contributed by atoms with van der Waals surface area (Å²) in [4.78, 5) is 26.9. The third kappa shape index (κ3) is 5.89. The van der Waals surface area contributed by atoms with Crippen LogP contribution in [0.25, 0.3) is 6.08 Å². The van der Waals surface area contributed by atoms with Crippen LogP contribution in [0, 0.1) is 0 Å². The van der Waals surface area contributed by atoms with E-state index in [1.165, 1.54) is 6.08 Å². The Kier molecular flexibility index (Phi) is 7.38. The first-order valence-electron chi connectivity index (χ1n) is 9.47. The van der Waals surface area contributed by atoms with Gasteiger partial charge in [-0.3, -0.25) is 14.9 Å². The summed E-state index contributed by atoms with van der Waals surface area (Å²) in [6, 6.07) is 14.4. The van der Waals surface area contributed by atoms with Crippen molar-refractivity contribution in [2.45, 2.75) is 19.3 Å². The molecule has 1 heterocycles. The zero-order valence-electron chi connectivity index (χ0n) is 15.9. The fraction of sp³-hybridized carbons (Fsp3) is 0.227. The molecule has 1 aliphatic rings. The molecular formula is C22H22ClN3O2S. The molecule has 2 N–H and O–H groups in total. The van der Waals surface area contributed by atoms with Gasteiger partial charge in [-0.1, -0.05) is 41.9 Å². The number of nitrogens with zero attached hydrogens (tertiary/aromatic N) is 1. The van der Waals surface area contributed by atoms with Crippen molar-refractivity contribution in [3.63, 3.8) is 0 Å². The SMILES string of the molecule is O=C(/C=C\c1ccccc1Cl)NC(=S)Nc1ccccc1C(=O)N1CCCCC1. The largest absolute Gasteiger partial charge is 0.339 e. The lowest BCUT2D eigenvalue weighted by Gasteiger charge is -2.27. The number of piperidine rings is 1. The Morgan fingerprint density at radius 2 is 1.69 bits per heavy atom. The van der Waals surface area contributed by atoms with Crippen LogP contribution < -0.4 is 10.6 Å². The maximum atomic E-state index is 12.8. The van der Waals surface area contributed by atoms with Gasteiger partial charge in [-0.15, -0.1) is 0 Å². The molecule has 0 unspecified atom stereocenters. The summed E-state index contributed by atoms with van der Waals surface area (Å²) < 4.78 is 0. The summed E-state index contributed by atoms with van der Waals surface area (Å²) in [6.45, 7) is 1.53. The number of hydrogen-bond acceptors (Lipinski definition) is 3. The number of thiocarbonyl (C=S) groups is 1. The molecule has 0 aromatic heterocycles. The Bertz CT molecular complexity index is 939. The molecule has 0 aliphatic carbocycles. The molecule has 2 amide bonds. The molecule has 0 spiro atoms. The summed E-state index contributed by atoms with van der Waals surface area (Å²) in [5.41, 5.74) is 1.85. The van der Waals surface area contributed by atoms with Crippen LogP contribution in [0.1, 0.15) is 35.2 Å². The van der Waals surface area contributed by atoms with Gasteiger partial charge in [0.1, 0.15) is 0 Å². The van der Waals surface area contributed by atoms with Gasteiger partial charge >= 0.3 is 0 Å². The van der Waals surface area contributed by atoms with Gasteiger partial charge in [0.25, 0.3) is 5.91 Å². The van der Waals surface area contributed by atoms with Gasteiger partial charge in [0.05, 0.1) is 11.3 Å². The first kappa shape index (κ1) is 21.0. The highest BCUT2D eigenvalue weighted by Gasteiger charge is 2.20. The molecular weight excluding hydrogens is 406 g/mol. The molecule has 1 aliphatic heterocycles. The standard InChI is InChI=1S/C22H22ClN3O2S/c23-18-10-4-2-8-16(18)12-13-20(27)25-22(29)24-19-11-5-3-9-17(19)21(28)26-14-6-1-7-15-26/h2-5,8-13H,1,6-7,14-15H2,(H2,24,25,27,29)/b13-12-. The van der Waals surface area contributed by atoms with Crippen molar-refractivity contribution < 1.29 is 9.59 Å². The van der Waals surface area contributed by atoms with E-state index in [4.69, 9.17) is 23.8 Å². The van der Waals surface area contributed by atoms with E-state index in [0.717, 1.165) is 37.9 Å². The smallest absolute Gasteiger partial charge is 0.255 e. The summed E-state index contributed by atoms with van der Waals surface area (Å²) in [5, 5.41) is 6.23. The van der Waals surface area contributed by atoms with Crippen LogP contribution in [0.2, 0.25) is 5.02 Å². The Balaban J connectivity index is 1.62. The third-order valence-corrected chi connectivity index (χ3v) is 5.15. The molecule has 0 saturated carbocycles. The van der Waals surface area contributed by atoms with Crippen LogP contribution in [-0.2, 0) is 4.79 Å². The summed E-state index contributed by atoms with van der Waals surface area (Å²) in [7, 11) is 0. The van der Waals surface area contributed by atoms with Gasteiger partial charge in [0, 0.05) is 24.2 Å². The predicted octanol–water partition coefficient (Wildman–Crippen LogP) is 4.49. The van der Waals surface area contributed by atoms with Gasteiger partial charge in [-0.25, -0.2) is 0 Å². The molecule has 0 atom stereocenters. The summed E-state index contributed by atoms with van der Waals surface area (Å²) >= 11 is 11.3. The molecule has 7 heteroatoms. The first-order chi connectivity index (χ1) is 14.0. The summed E-state index contributed by atoms with van der Waals surface area (Å²) in [6.07, 6.45) is 6.18. The molecule has 0 radical (unpaired) electrons. The van der Waals surface area contributed by atoms with Crippen molar-refractivity contribution in [1.82, 2.24) is 10.2 Å². The van der Waals surface area contributed by atoms with E-state index in [2.05, 4.69) is 10.6 Å². The second-order valence-corrected chi connectivity index (χ2v) is 7.51. The Morgan fingerprint density at radius 1 is 1.00 bits per heavy atom. The highest BCUT2D eigenvalue weighted by Crippen LogP contribution is 2.20. The normalized spacial score (nSPS) is 13.9. The number of amides is 2. The minimum Gasteiger partial charge on any atom is -0.339 e. The molecule has 3 rings (SSSR count). The van der Waals surface area contributed by atoms with Crippen molar-refractivity contribution >= 4 is 52.5 Å². The minimum atomic E-state index is -0.387. The van der Waals surface area contributed by atoms with Crippen LogP contribution in [-0.4, -0.2) is 34.9 Å². The number of hydrogen-bond donors (Lipinski definition) is 2. The number of anilines is 1. The number of rotatable bonds is 4. The van der Waals surface area contributed by atoms with E-state index in [9.17, 15) is 9.59 Å². The third-order valence-electron chi connectivity index (χ3n) is 4.61. The molecule has 2 aromatic rings. The number of carbonyl (C=O) groups is 2. The van der Waals surface area contributed by atoms with Gasteiger partial charge < -0.3 is 10.2 Å². The number of halogens is 1. The van der Waals surface area contributed by atoms with E-state index in [1.807, 2.05) is 35.2 Å². The highest BCUT2D eigenvalue weighted by atomic mass is 35.5. The van der Waals surface area contributed by atoms with E-state index in [1.54, 1.807) is 24.3 Å².